The van der Waals surface area contributed by atoms with Crippen molar-refractivity contribution in [2.24, 2.45) is 0 Å². The molecular weight excluding hydrogens is 150 g/mol. The third-order valence-electron chi connectivity index (χ3n) is 1.65. The van der Waals surface area contributed by atoms with Crippen LogP contribution in [0.2, 0.25) is 0 Å². The second-order valence-electron chi connectivity index (χ2n) is 3.10. The number of aliphatic hydroxyl groups is 2. The summed E-state index contributed by atoms with van der Waals surface area (Å²) in [6.45, 7) is 3.85. The Hall–Kier alpha value is -0.680. The van der Waals surface area contributed by atoms with Gasteiger partial charge in [-0.1, -0.05) is 0 Å². The van der Waals surface area contributed by atoms with Crippen molar-refractivity contribution in [1.29, 1.82) is 0 Å². The van der Waals surface area contributed by atoms with Crippen LogP contribution in [-0.2, 0) is 0 Å². The Balaban J connectivity index is 4.42. The molecule has 5 nitrogen and oxygen atoms in total. The quantitative estimate of drug-likeness (QED) is 0.445. The van der Waals surface area contributed by atoms with E-state index >= 15 is 0 Å². The van der Waals surface area contributed by atoms with Gasteiger partial charge in [0, 0.05) is 18.8 Å². The van der Waals surface area contributed by atoms with Crippen LogP contribution >= 0.6 is 0 Å². The Labute approximate surface area is 64.8 Å². The molecule has 0 aliphatic carbocycles. The van der Waals surface area contributed by atoms with E-state index in [0.29, 0.717) is 0 Å². The minimum Gasteiger partial charge on any atom is -0.390 e. The van der Waals surface area contributed by atoms with Crippen LogP contribution in [0.5, 0.6) is 0 Å². The summed E-state index contributed by atoms with van der Waals surface area (Å²) < 4.78 is 0. The summed E-state index contributed by atoms with van der Waals surface area (Å²) in [5, 5.41) is 28.3. The molecule has 0 spiro atoms. The standard InChI is InChI=1S/C6H13NO4/c1-4(8)5(9)6(2,3)7(10)11/h4-5,8-9H,1-3H3. The van der Waals surface area contributed by atoms with E-state index < -0.39 is 22.7 Å². The summed E-state index contributed by atoms with van der Waals surface area (Å²) in [5.74, 6) is 0. The SMILES string of the molecule is CC(O)C(O)C(C)(C)[N+](=O)[O-]. The fraction of sp³-hybridized carbons (Fsp3) is 1.00. The first-order valence-corrected chi connectivity index (χ1v) is 3.30. The van der Waals surface area contributed by atoms with Gasteiger partial charge in [0.05, 0.1) is 6.10 Å². The summed E-state index contributed by atoms with van der Waals surface area (Å²) in [6.07, 6.45) is -2.42. The second kappa shape index (κ2) is 3.15. The van der Waals surface area contributed by atoms with Crippen molar-refractivity contribution in [3.05, 3.63) is 10.1 Å². The van der Waals surface area contributed by atoms with E-state index in [1.165, 1.54) is 20.8 Å². The molecule has 0 bridgehead atoms. The molecule has 0 aliphatic heterocycles. The lowest BCUT2D eigenvalue weighted by Crippen LogP contribution is -2.49. The first-order valence-electron chi connectivity index (χ1n) is 3.30. The van der Waals surface area contributed by atoms with E-state index in [2.05, 4.69) is 0 Å². The highest BCUT2D eigenvalue weighted by Gasteiger charge is 2.42. The molecule has 0 saturated carbocycles. The normalized spacial score (nSPS) is 17.5. The molecule has 5 heteroatoms. The van der Waals surface area contributed by atoms with Crippen LogP contribution < -0.4 is 0 Å². The van der Waals surface area contributed by atoms with Gasteiger partial charge in [0.15, 0.2) is 0 Å². The van der Waals surface area contributed by atoms with Gasteiger partial charge >= 0.3 is 0 Å². The highest BCUT2D eigenvalue weighted by molar-refractivity contribution is 4.81. The molecule has 2 N–H and O–H groups in total. The number of aliphatic hydroxyl groups excluding tert-OH is 2. The predicted molar refractivity (Wildman–Crippen MR) is 38.8 cm³/mol. The van der Waals surface area contributed by atoms with Gasteiger partial charge in [-0.2, -0.15) is 0 Å². The Morgan fingerprint density at radius 2 is 1.82 bits per heavy atom. The van der Waals surface area contributed by atoms with Crippen molar-refractivity contribution in [3.63, 3.8) is 0 Å². The van der Waals surface area contributed by atoms with Crippen LogP contribution in [0.1, 0.15) is 20.8 Å². The molecule has 0 aromatic heterocycles. The molecule has 2 atom stereocenters. The molecule has 0 rings (SSSR count). The van der Waals surface area contributed by atoms with Crippen LogP contribution in [0.25, 0.3) is 0 Å². The Morgan fingerprint density at radius 3 is 1.91 bits per heavy atom. The summed E-state index contributed by atoms with van der Waals surface area (Å²) in [4.78, 5) is 9.69. The molecule has 0 heterocycles. The van der Waals surface area contributed by atoms with Crippen LogP contribution in [0.4, 0.5) is 0 Å². The van der Waals surface area contributed by atoms with Gasteiger partial charge in [0.1, 0.15) is 6.10 Å². The molecule has 2 unspecified atom stereocenters. The smallest absolute Gasteiger partial charge is 0.244 e. The Bertz CT molecular complexity index is 155. The summed E-state index contributed by atoms with van der Waals surface area (Å²) in [5.41, 5.74) is -1.49. The van der Waals surface area contributed by atoms with Gasteiger partial charge < -0.3 is 10.2 Å². The Kier molecular flexibility index (Phi) is 2.95. The minimum atomic E-state index is -1.49. The van der Waals surface area contributed by atoms with E-state index in [1.54, 1.807) is 0 Å². The molecule has 0 amide bonds. The van der Waals surface area contributed by atoms with E-state index in [4.69, 9.17) is 10.2 Å². The van der Waals surface area contributed by atoms with Crippen molar-refractivity contribution in [2.75, 3.05) is 0 Å². The largest absolute Gasteiger partial charge is 0.390 e. The third kappa shape index (κ3) is 2.13. The third-order valence-corrected chi connectivity index (χ3v) is 1.65. The lowest BCUT2D eigenvalue weighted by Gasteiger charge is -2.23. The van der Waals surface area contributed by atoms with Gasteiger partial charge in [0.2, 0.25) is 5.54 Å². The number of rotatable bonds is 3. The van der Waals surface area contributed by atoms with E-state index in [9.17, 15) is 10.1 Å². The van der Waals surface area contributed by atoms with Gasteiger partial charge in [-0.05, 0) is 6.92 Å². The second-order valence-corrected chi connectivity index (χ2v) is 3.10. The van der Waals surface area contributed by atoms with Crippen LogP contribution in [0.3, 0.4) is 0 Å². The lowest BCUT2D eigenvalue weighted by atomic mass is 9.95. The topological polar surface area (TPSA) is 83.6 Å². The number of hydrogen-bond acceptors (Lipinski definition) is 4. The molecule has 0 aromatic rings. The first kappa shape index (κ1) is 10.3. The van der Waals surface area contributed by atoms with Gasteiger partial charge in [-0.15, -0.1) is 0 Å². The fourth-order valence-electron chi connectivity index (χ4n) is 0.698. The lowest BCUT2D eigenvalue weighted by molar-refractivity contribution is -0.575. The average molecular weight is 163 g/mol. The highest BCUT2D eigenvalue weighted by Crippen LogP contribution is 2.16. The molecule has 66 valence electrons. The van der Waals surface area contributed by atoms with Crippen LogP contribution in [0, 0.1) is 10.1 Å². The molecular formula is C6H13NO4. The zero-order valence-corrected chi connectivity index (χ0v) is 6.81. The van der Waals surface area contributed by atoms with Crippen LogP contribution in [0.15, 0.2) is 0 Å². The maximum atomic E-state index is 10.3. The van der Waals surface area contributed by atoms with Crippen molar-refractivity contribution >= 4 is 0 Å². The molecule has 0 saturated heterocycles. The summed E-state index contributed by atoms with van der Waals surface area (Å²) >= 11 is 0. The number of nitrogens with zero attached hydrogens (tertiary/aromatic N) is 1. The van der Waals surface area contributed by atoms with Gasteiger partial charge in [-0.25, -0.2) is 0 Å². The Morgan fingerprint density at radius 1 is 1.45 bits per heavy atom. The van der Waals surface area contributed by atoms with Crippen molar-refractivity contribution in [1.82, 2.24) is 0 Å². The monoisotopic (exact) mass is 163 g/mol. The highest BCUT2D eigenvalue weighted by atomic mass is 16.6. The molecule has 0 fully saturated rings. The zero-order valence-electron chi connectivity index (χ0n) is 6.81. The zero-order chi connectivity index (χ0) is 9.23. The van der Waals surface area contributed by atoms with Crippen molar-refractivity contribution in [2.45, 2.75) is 38.5 Å². The van der Waals surface area contributed by atoms with E-state index in [-0.39, 0.29) is 0 Å². The van der Waals surface area contributed by atoms with Crippen molar-refractivity contribution in [3.8, 4) is 0 Å². The maximum Gasteiger partial charge on any atom is 0.244 e. The van der Waals surface area contributed by atoms with Gasteiger partial charge in [-0.3, -0.25) is 10.1 Å². The van der Waals surface area contributed by atoms with Crippen LogP contribution in [-0.4, -0.2) is 32.9 Å². The maximum absolute atomic E-state index is 10.3. The molecule has 0 radical (unpaired) electrons. The average Bonchev–Trinajstić information content (AvgIpc) is 1.85. The number of hydrogen-bond donors (Lipinski definition) is 2. The number of nitro groups is 1. The molecule has 0 aromatic carbocycles. The molecule has 11 heavy (non-hydrogen) atoms. The summed E-state index contributed by atoms with van der Waals surface area (Å²) in [7, 11) is 0. The first-order chi connectivity index (χ1) is 4.80. The molecule has 0 aliphatic rings. The van der Waals surface area contributed by atoms with E-state index in [0.717, 1.165) is 0 Å². The predicted octanol–water partition coefficient (Wildman–Crippen LogP) is -0.217. The van der Waals surface area contributed by atoms with Gasteiger partial charge in [0.25, 0.3) is 0 Å². The van der Waals surface area contributed by atoms with E-state index in [1.807, 2.05) is 0 Å². The minimum absolute atomic E-state index is 0.607. The fourth-order valence-corrected chi connectivity index (χ4v) is 0.698. The summed E-state index contributed by atoms with van der Waals surface area (Å²) in [6, 6.07) is 0. The van der Waals surface area contributed by atoms with Crippen molar-refractivity contribution < 1.29 is 15.1 Å².